The van der Waals surface area contributed by atoms with Gasteiger partial charge in [-0.3, -0.25) is 4.79 Å². The summed E-state index contributed by atoms with van der Waals surface area (Å²) in [5.41, 5.74) is 4.56. The lowest BCUT2D eigenvalue weighted by Gasteiger charge is -2.11. The molecule has 2 heterocycles. The minimum Gasteiger partial charge on any atom is -0.465 e. The van der Waals surface area contributed by atoms with Crippen molar-refractivity contribution in [2.45, 2.75) is 25.7 Å². The van der Waals surface area contributed by atoms with E-state index in [1.54, 1.807) is 36.0 Å². The van der Waals surface area contributed by atoms with E-state index in [2.05, 4.69) is 10.5 Å². The van der Waals surface area contributed by atoms with Crippen molar-refractivity contribution >= 4 is 29.5 Å². The average Bonchev–Trinajstić information content (AvgIpc) is 3.16. The first-order valence-electron chi connectivity index (χ1n) is 6.97. The van der Waals surface area contributed by atoms with Crippen LogP contribution in [0.3, 0.4) is 0 Å². The number of nitrogens with zero attached hydrogens (tertiary/aromatic N) is 1. The summed E-state index contributed by atoms with van der Waals surface area (Å²) in [6, 6.07) is 3.67. The van der Waals surface area contributed by atoms with E-state index in [-0.39, 0.29) is 5.91 Å². The number of furan rings is 1. The number of hydrazone groups is 1. The van der Waals surface area contributed by atoms with Crippen molar-refractivity contribution in [3.05, 3.63) is 51.6 Å². The smallest absolute Gasteiger partial charge is 0.272 e. The van der Waals surface area contributed by atoms with Crippen LogP contribution in [0.15, 0.2) is 39.4 Å². The fourth-order valence-corrected chi connectivity index (χ4v) is 3.53. The highest BCUT2D eigenvalue weighted by molar-refractivity contribution is 7.10. The molecule has 3 rings (SSSR count). The van der Waals surface area contributed by atoms with Gasteiger partial charge >= 0.3 is 0 Å². The number of hydrogen-bond donors (Lipinski definition) is 1. The van der Waals surface area contributed by atoms with Crippen LogP contribution in [0.5, 0.6) is 0 Å². The second-order valence-electron chi connectivity index (χ2n) is 4.85. The van der Waals surface area contributed by atoms with Gasteiger partial charge in [-0.1, -0.05) is 0 Å². The van der Waals surface area contributed by atoms with Crippen molar-refractivity contribution in [1.82, 2.24) is 5.43 Å². The first-order chi connectivity index (χ1) is 10.3. The van der Waals surface area contributed by atoms with E-state index in [0.29, 0.717) is 0 Å². The number of rotatable bonds is 4. The Morgan fingerprint density at radius 1 is 1.38 bits per heavy atom. The normalized spacial score (nSPS) is 14.7. The summed E-state index contributed by atoms with van der Waals surface area (Å²) in [5, 5.41) is 5.87. The number of amides is 1. The van der Waals surface area contributed by atoms with Gasteiger partial charge in [0.25, 0.3) is 5.91 Å². The zero-order valence-corrected chi connectivity index (χ0v) is 12.4. The Labute approximate surface area is 127 Å². The summed E-state index contributed by atoms with van der Waals surface area (Å²) in [6.07, 6.45) is 11.2. The fourth-order valence-electron chi connectivity index (χ4n) is 2.41. The predicted octanol–water partition coefficient (Wildman–Crippen LogP) is 3.65. The second-order valence-corrected chi connectivity index (χ2v) is 5.82. The summed E-state index contributed by atoms with van der Waals surface area (Å²) in [5.74, 6) is 0.622. The third-order valence-corrected chi connectivity index (χ3v) is 4.52. The number of hydrogen-bond acceptors (Lipinski definition) is 4. The van der Waals surface area contributed by atoms with Gasteiger partial charge in [0, 0.05) is 16.5 Å². The second kappa shape index (κ2) is 6.54. The molecular formula is C16H16N2O2S. The van der Waals surface area contributed by atoms with Gasteiger partial charge in [-0.2, -0.15) is 5.10 Å². The summed E-state index contributed by atoms with van der Waals surface area (Å²) >= 11 is 1.68. The number of fused-ring (bicyclic) bond motifs is 1. The number of carbonyl (C=O) groups excluding carboxylic acids is 1. The largest absolute Gasteiger partial charge is 0.465 e. The van der Waals surface area contributed by atoms with E-state index >= 15 is 0 Å². The summed E-state index contributed by atoms with van der Waals surface area (Å²) in [4.78, 5) is 13.5. The molecule has 1 aliphatic carbocycles. The Bertz CT molecular complexity index is 669. The number of allylic oxidation sites excluding steroid dienone is 1. The van der Waals surface area contributed by atoms with Crippen LogP contribution in [0.2, 0.25) is 0 Å². The fraction of sp³-hybridized carbons (Fsp3) is 0.250. The molecule has 5 heteroatoms. The Morgan fingerprint density at radius 2 is 2.29 bits per heavy atom. The molecule has 0 saturated heterocycles. The van der Waals surface area contributed by atoms with Crippen LogP contribution >= 0.6 is 11.3 Å². The molecule has 2 aromatic rings. The number of nitrogens with one attached hydrogen (secondary N) is 1. The molecule has 1 N–H and O–H groups in total. The zero-order valence-electron chi connectivity index (χ0n) is 11.5. The number of thiophene rings is 1. The van der Waals surface area contributed by atoms with Crippen molar-refractivity contribution in [3.63, 3.8) is 0 Å². The van der Waals surface area contributed by atoms with E-state index < -0.39 is 0 Å². The average molecular weight is 300 g/mol. The quantitative estimate of drug-likeness (QED) is 0.692. The van der Waals surface area contributed by atoms with Gasteiger partial charge < -0.3 is 4.42 Å². The maximum absolute atomic E-state index is 12.1. The van der Waals surface area contributed by atoms with Crippen molar-refractivity contribution in [1.29, 1.82) is 0 Å². The molecule has 2 aromatic heterocycles. The van der Waals surface area contributed by atoms with E-state index in [4.69, 9.17) is 4.42 Å². The molecule has 0 atom stereocenters. The number of aryl methyl sites for hydroxylation is 1. The Balaban J connectivity index is 1.58. The molecular weight excluding hydrogens is 284 g/mol. The highest BCUT2D eigenvalue weighted by Gasteiger charge is 2.19. The molecule has 4 nitrogen and oxygen atoms in total. The highest BCUT2D eigenvalue weighted by atomic mass is 32.1. The summed E-state index contributed by atoms with van der Waals surface area (Å²) in [6.45, 7) is 0. The summed E-state index contributed by atoms with van der Waals surface area (Å²) < 4.78 is 5.15. The summed E-state index contributed by atoms with van der Waals surface area (Å²) in [7, 11) is 0. The maximum atomic E-state index is 12.1. The molecule has 0 saturated carbocycles. The molecule has 1 aliphatic rings. The van der Waals surface area contributed by atoms with E-state index in [9.17, 15) is 4.79 Å². The van der Waals surface area contributed by atoms with Gasteiger partial charge in [-0.05, 0) is 55.5 Å². The van der Waals surface area contributed by atoms with Crippen LogP contribution in [0.1, 0.15) is 39.4 Å². The van der Waals surface area contributed by atoms with Crippen molar-refractivity contribution in [2.75, 3.05) is 0 Å². The van der Waals surface area contributed by atoms with Crippen LogP contribution in [0.25, 0.3) is 6.08 Å². The Morgan fingerprint density at radius 3 is 3.14 bits per heavy atom. The molecule has 21 heavy (non-hydrogen) atoms. The van der Waals surface area contributed by atoms with Gasteiger partial charge in [0.05, 0.1) is 11.8 Å². The van der Waals surface area contributed by atoms with Crippen molar-refractivity contribution in [3.8, 4) is 0 Å². The van der Waals surface area contributed by atoms with Crippen molar-refractivity contribution in [2.24, 2.45) is 5.10 Å². The molecule has 0 fully saturated rings. The molecule has 0 aromatic carbocycles. The SMILES string of the molecule is O=C(N/N=C\C=C\c1ccco1)c1csc2c1CCCC2. The van der Waals surface area contributed by atoms with Gasteiger partial charge in [-0.15, -0.1) is 11.3 Å². The van der Waals surface area contributed by atoms with Crippen molar-refractivity contribution < 1.29 is 9.21 Å². The van der Waals surface area contributed by atoms with E-state index in [1.165, 1.54) is 23.3 Å². The van der Waals surface area contributed by atoms with Crippen LogP contribution in [-0.2, 0) is 12.8 Å². The first-order valence-corrected chi connectivity index (χ1v) is 7.85. The topological polar surface area (TPSA) is 54.6 Å². The van der Waals surface area contributed by atoms with Crippen LogP contribution in [0.4, 0.5) is 0 Å². The monoisotopic (exact) mass is 300 g/mol. The van der Waals surface area contributed by atoms with Crippen LogP contribution < -0.4 is 5.43 Å². The number of carbonyl (C=O) groups is 1. The Hall–Kier alpha value is -2.14. The lowest BCUT2D eigenvalue weighted by Crippen LogP contribution is -2.19. The van der Waals surface area contributed by atoms with Gasteiger partial charge in [0.2, 0.25) is 0 Å². The molecule has 1 amide bonds. The third-order valence-electron chi connectivity index (χ3n) is 3.44. The zero-order chi connectivity index (χ0) is 14.5. The lowest BCUT2D eigenvalue weighted by atomic mass is 9.96. The molecule has 0 radical (unpaired) electrons. The standard InChI is InChI=1S/C16H16N2O2S/c19-16(14-11-21-15-8-2-1-7-13(14)15)18-17-9-3-5-12-6-4-10-20-12/h3-6,9-11H,1-2,7-8H2,(H,18,19)/b5-3+,17-9-. The maximum Gasteiger partial charge on any atom is 0.272 e. The minimum atomic E-state index is -0.128. The Kier molecular flexibility index (Phi) is 4.31. The van der Waals surface area contributed by atoms with Gasteiger partial charge in [0.1, 0.15) is 5.76 Å². The first kappa shape index (κ1) is 13.8. The van der Waals surface area contributed by atoms with Crippen LogP contribution in [0, 0.1) is 0 Å². The van der Waals surface area contributed by atoms with Gasteiger partial charge in [0.15, 0.2) is 0 Å². The molecule has 0 spiro atoms. The van der Waals surface area contributed by atoms with Crippen LogP contribution in [-0.4, -0.2) is 12.1 Å². The molecule has 0 bridgehead atoms. The minimum absolute atomic E-state index is 0.128. The molecule has 108 valence electrons. The molecule has 0 aliphatic heterocycles. The van der Waals surface area contributed by atoms with E-state index in [0.717, 1.165) is 24.2 Å². The van der Waals surface area contributed by atoms with E-state index in [1.807, 2.05) is 17.5 Å². The predicted molar refractivity (Wildman–Crippen MR) is 84.7 cm³/mol. The molecule has 0 unspecified atom stereocenters. The lowest BCUT2D eigenvalue weighted by molar-refractivity contribution is 0.0954. The van der Waals surface area contributed by atoms with Gasteiger partial charge in [-0.25, -0.2) is 5.43 Å². The third kappa shape index (κ3) is 3.31. The highest BCUT2D eigenvalue weighted by Crippen LogP contribution is 2.30.